The molecule has 0 aromatic heterocycles. The second-order valence-electron chi connectivity index (χ2n) is 8.48. The zero-order chi connectivity index (χ0) is 21.0. The second kappa shape index (κ2) is 32.0. The zero-order valence-electron chi connectivity index (χ0n) is 20.5. The molecule has 2 heteroatoms. The Kier molecular flexibility index (Phi) is 34.8. The third-order valence-electron chi connectivity index (χ3n) is 5.28. The largest absolute Gasteiger partial charge is 0.323 e. The standard InChI is InChI=1S/C24H50S.C2H7N/c1-3-5-7-9-11-13-15-17-19-21-23-25-24-22-20-18-16-14-12-10-8-6-4-2;1-3-2/h3-24H2,1-2H3;3H,1-2H3. The van der Waals surface area contributed by atoms with Crippen molar-refractivity contribution in [3.8, 4) is 0 Å². The van der Waals surface area contributed by atoms with Crippen LogP contribution in [0, 0.1) is 0 Å². The Hall–Kier alpha value is 0.310. The number of unbranched alkanes of at least 4 members (excludes halogenated alkanes) is 18. The summed E-state index contributed by atoms with van der Waals surface area (Å²) < 4.78 is 0. The van der Waals surface area contributed by atoms with Crippen molar-refractivity contribution in [3.63, 3.8) is 0 Å². The van der Waals surface area contributed by atoms with Gasteiger partial charge in [0.25, 0.3) is 0 Å². The predicted octanol–water partition coefficient (Wildman–Crippen LogP) is 9.40. The third kappa shape index (κ3) is 33.9. The van der Waals surface area contributed by atoms with Crippen molar-refractivity contribution in [2.75, 3.05) is 25.6 Å². The van der Waals surface area contributed by atoms with Gasteiger partial charge >= 0.3 is 0 Å². The van der Waals surface area contributed by atoms with Gasteiger partial charge in [-0.1, -0.05) is 129 Å². The average molecular weight is 416 g/mol. The molecule has 172 valence electrons. The summed E-state index contributed by atoms with van der Waals surface area (Å²) in [4.78, 5) is 0. The summed E-state index contributed by atoms with van der Waals surface area (Å²) in [5.74, 6) is 2.82. The molecule has 0 bridgehead atoms. The van der Waals surface area contributed by atoms with Crippen molar-refractivity contribution in [3.05, 3.63) is 0 Å². The van der Waals surface area contributed by atoms with Crippen molar-refractivity contribution in [2.24, 2.45) is 0 Å². The lowest BCUT2D eigenvalue weighted by Crippen LogP contribution is -1.89. The number of nitrogens with one attached hydrogen (secondary N) is 1. The van der Waals surface area contributed by atoms with Crippen LogP contribution >= 0.6 is 11.8 Å². The van der Waals surface area contributed by atoms with Crippen molar-refractivity contribution in [1.82, 2.24) is 5.32 Å². The minimum absolute atomic E-state index is 1.37. The van der Waals surface area contributed by atoms with Crippen LogP contribution in [-0.4, -0.2) is 25.6 Å². The fourth-order valence-electron chi connectivity index (χ4n) is 3.49. The van der Waals surface area contributed by atoms with Crippen molar-refractivity contribution in [1.29, 1.82) is 0 Å². The minimum atomic E-state index is 1.37. The minimum Gasteiger partial charge on any atom is -0.323 e. The lowest BCUT2D eigenvalue weighted by molar-refractivity contribution is 0.562. The molecule has 1 N–H and O–H groups in total. The molecule has 0 aliphatic carbocycles. The number of rotatable bonds is 22. The van der Waals surface area contributed by atoms with Gasteiger partial charge in [-0.3, -0.25) is 0 Å². The smallest absolute Gasteiger partial charge is 0.00675 e. The monoisotopic (exact) mass is 415 g/mol. The van der Waals surface area contributed by atoms with E-state index in [2.05, 4.69) is 30.9 Å². The summed E-state index contributed by atoms with van der Waals surface area (Å²) in [6.45, 7) is 4.60. The molecule has 0 spiro atoms. The van der Waals surface area contributed by atoms with Gasteiger partial charge in [-0.05, 0) is 38.4 Å². The van der Waals surface area contributed by atoms with Gasteiger partial charge in [0, 0.05) is 0 Å². The number of hydrogen-bond acceptors (Lipinski definition) is 2. The number of hydrogen-bond donors (Lipinski definition) is 1. The summed E-state index contributed by atoms with van der Waals surface area (Å²) in [7, 11) is 3.75. The molecule has 0 heterocycles. The van der Waals surface area contributed by atoms with E-state index in [-0.39, 0.29) is 0 Å². The van der Waals surface area contributed by atoms with Crippen LogP contribution in [0.2, 0.25) is 0 Å². The van der Waals surface area contributed by atoms with Crippen LogP contribution in [0.25, 0.3) is 0 Å². The molecule has 0 aromatic rings. The molecule has 0 aromatic carbocycles. The van der Waals surface area contributed by atoms with Gasteiger partial charge in [-0.15, -0.1) is 0 Å². The molecule has 0 rings (SSSR count). The molecule has 0 radical (unpaired) electrons. The van der Waals surface area contributed by atoms with Crippen LogP contribution in [0.5, 0.6) is 0 Å². The molecule has 0 amide bonds. The van der Waals surface area contributed by atoms with E-state index in [0.29, 0.717) is 0 Å². The Bertz CT molecular complexity index is 210. The van der Waals surface area contributed by atoms with E-state index in [9.17, 15) is 0 Å². The lowest BCUT2D eigenvalue weighted by Gasteiger charge is -2.04. The van der Waals surface area contributed by atoms with Gasteiger partial charge in [-0.25, -0.2) is 0 Å². The van der Waals surface area contributed by atoms with Gasteiger partial charge in [-0.2, -0.15) is 11.8 Å². The average Bonchev–Trinajstić information content (AvgIpc) is 2.70. The molecule has 1 nitrogen and oxygen atoms in total. The first-order valence-corrected chi connectivity index (χ1v) is 14.1. The fraction of sp³-hybridized carbons (Fsp3) is 1.00. The first-order chi connectivity index (χ1) is 13.8. The van der Waals surface area contributed by atoms with Gasteiger partial charge in [0.1, 0.15) is 0 Å². The Morgan fingerprint density at radius 1 is 0.393 bits per heavy atom. The van der Waals surface area contributed by atoms with E-state index < -0.39 is 0 Å². The Labute approximate surface area is 185 Å². The first-order valence-electron chi connectivity index (χ1n) is 13.0. The molecule has 0 atom stereocenters. The zero-order valence-corrected chi connectivity index (χ0v) is 21.3. The molecule has 0 fully saturated rings. The van der Waals surface area contributed by atoms with Crippen LogP contribution in [-0.2, 0) is 0 Å². The van der Waals surface area contributed by atoms with Crippen molar-refractivity contribution in [2.45, 2.75) is 142 Å². The van der Waals surface area contributed by atoms with Crippen LogP contribution in [0.3, 0.4) is 0 Å². The van der Waals surface area contributed by atoms with E-state index in [1.165, 1.54) is 140 Å². The molecule has 0 saturated carbocycles. The Morgan fingerprint density at radius 3 is 0.857 bits per heavy atom. The molecule has 28 heavy (non-hydrogen) atoms. The van der Waals surface area contributed by atoms with Gasteiger partial charge in [0.05, 0.1) is 0 Å². The van der Waals surface area contributed by atoms with Crippen molar-refractivity contribution < 1.29 is 0 Å². The summed E-state index contributed by atoms with van der Waals surface area (Å²) in [5.41, 5.74) is 0. The normalized spacial score (nSPS) is 10.7. The summed E-state index contributed by atoms with van der Waals surface area (Å²) >= 11 is 2.21. The fourth-order valence-corrected chi connectivity index (χ4v) is 4.51. The summed E-state index contributed by atoms with van der Waals surface area (Å²) in [5, 5.41) is 2.75. The topological polar surface area (TPSA) is 12.0 Å². The molecular weight excluding hydrogens is 358 g/mol. The summed E-state index contributed by atoms with van der Waals surface area (Å²) in [6, 6.07) is 0. The Balaban J connectivity index is 0. The highest BCUT2D eigenvalue weighted by atomic mass is 32.2. The van der Waals surface area contributed by atoms with E-state index in [4.69, 9.17) is 0 Å². The quantitative estimate of drug-likeness (QED) is 0.177. The van der Waals surface area contributed by atoms with Crippen LogP contribution in [0.4, 0.5) is 0 Å². The molecule has 0 unspecified atom stereocenters. The van der Waals surface area contributed by atoms with Crippen LogP contribution < -0.4 is 5.32 Å². The number of thioether (sulfide) groups is 1. The van der Waals surface area contributed by atoms with Crippen LogP contribution in [0.15, 0.2) is 0 Å². The van der Waals surface area contributed by atoms with Gasteiger partial charge in [0.2, 0.25) is 0 Å². The van der Waals surface area contributed by atoms with Crippen LogP contribution in [0.1, 0.15) is 142 Å². The molecule has 0 aliphatic heterocycles. The first kappa shape index (κ1) is 30.5. The highest BCUT2D eigenvalue weighted by Crippen LogP contribution is 2.15. The summed E-state index contributed by atoms with van der Waals surface area (Å²) in [6.07, 6.45) is 29.2. The van der Waals surface area contributed by atoms with E-state index >= 15 is 0 Å². The maximum atomic E-state index is 2.75. The SMILES string of the molecule is CCCCCCCCCCCCSCCCCCCCCCCCC.CNC. The second-order valence-corrected chi connectivity index (χ2v) is 9.70. The molecular formula is C26H57NS. The van der Waals surface area contributed by atoms with E-state index in [0.717, 1.165) is 0 Å². The Morgan fingerprint density at radius 2 is 0.607 bits per heavy atom. The molecule has 0 aliphatic rings. The van der Waals surface area contributed by atoms with Gasteiger partial charge in [0.15, 0.2) is 0 Å². The van der Waals surface area contributed by atoms with Gasteiger partial charge < -0.3 is 5.32 Å². The van der Waals surface area contributed by atoms with E-state index in [1.54, 1.807) is 0 Å². The lowest BCUT2D eigenvalue weighted by atomic mass is 10.1. The maximum absolute atomic E-state index is 2.75. The maximum Gasteiger partial charge on any atom is -0.00675 e. The third-order valence-corrected chi connectivity index (χ3v) is 6.44. The highest BCUT2D eigenvalue weighted by molar-refractivity contribution is 7.99. The van der Waals surface area contributed by atoms with Crippen molar-refractivity contribution >= 4 is 11.8 Å². The predicted molar refractivity (Wildman–Crippen MR) is 136 cm³/mol. The highest BCUT2D eigenvalue weighted by Gasteiger charge is 1.95. The van der Waals surface area contributed by atoms with E-state index in [1.807, 2.05) is 14.1 Å². The molecule has 0 saturated heterocycles.